The van der Waals surface area contributed by atoms with E-state index in [1.165, 1.54) is 0 Å². The van der Waals surface area contributed by atoms with Crippen molar-refractivity contribution >= 4 is 11.8 Å². The Morgan fingerprint density at radius 1 is 1.62 bits per heavy atom. The van der Waals surface area contributed by atoms with Crippen molar-refractivity contribution < 1.29 is 9.53 Å². The molecule has 0 aliphatic carbocycles. The minimum atomic E-state index is -0.527. The van der Waals surface area contributed by atoms with Gasteiger partial charge in [-0.25, -0.2) is 10.2 Å². The summed E-state index contributed by atoms with van der Waals surface area (Å²) < 4.78 is 4.78. The average molecular weight is 187 g/mol. The van der Waals surface area contributed by atoms with Gasteiger partial charge in [0.25, 0.3) is 0 Å². The smallest absolute Gasteiger partial charge is 0.427 e. The number of carbonyl (C=O) groups is 1. The van der Waals surface area contributed by atoms with E-state index in [2.05, 4.69) is 10.5 Å². The zero-order valence-corrected chi connectivity index (χ0v) is 8.17. The Balaban J connectivity index is 3.51. The third-order valence-electron chi connectivity index (χ3n) is 1.36. The average Bonchev–Trinajstić information content (AvgIpc) is 2.14. The Hall–Kier alpha value is -1.10. The summed E-state index contributed by atoms with van der Waals surface area (Å²) in [5.41, 5.74) is 8.16. The fourth-order valence-corrected chi connectivity index (χ4v) is 0.528. The number of unbranched alkanes of at least 4 members (excludes halogenated alkanes) is 1. The minimum absolute atomic E-state index is 0.329. The summed E-state index contributed by atoms with van der Waals surface area (Å²) in [5, 5.41) is 3.69. The van der Waals surface area contributed by atoms with Crippen LogP contribution in [0.3, 0.4) is 0 Å². The van der Waals surface area contributed by atoms with Crippen molar-refractivity contribution in [3.05, 3.63) is 0 Å². The third-order valence-corrected chi connectivity index (χ3v) is 1.36. The Kier molecular flexibility index (Phi) is 6.91. The summed E-state index contributed by atoms with van der Waals surface area (Å²) in [5.74, 6) is 0. The molecule has 0 radical (unpaired) electrons. The quantitative estimate of drug-likeness (QED) is 0.380. The van der Waals surface area contributed by atoms with Crippen LogP contribution in [0.25, 0.3) is 0 Å². The topological polar surface area (TPSA) is 76.7 Å². The molecule has 5 heteroatoms. The van der Waals surface area contributed by atoms with Crippen LogP contribution in [0.2, 0.25) is 0 Å². The molecular weight excluding hydrogens is 170 g/mol. The number of rotatable bonds is 5. The van der Waals surface area contributed by atoms with Crippen LogP contribution in [0.15, 0.2) is 5.10 Å². The fourth-order valence-electron chi connectivity index (χ4n) is 0.528. The van der Waals surface area contributed by atoms with E-state index >= 15 is 0 Å². The van der Waals surface area contributed by atoms with Crippen LogP contribution < -0.4 is 11.2 Å². The molecule has 0 aromatic heterocycles. The van der Waals surface area contributed by atoms with Gasteiger partial charge < -0.3 is 10.5 Å². The van der Waals surface area contributed by atoms with Gasteiger partial charge in [-0.1, -0.05) is 13.3 Å². The lowest BCUT2D eigenvalue weighted by molar-refractivity contribution is 0.145. The zero-order chi connectivity index (χ0) is 10.1. The van der Waals surface area contributed by atoms with Crippen LogP contribution in [0, 0.1) is 0 Å². The van der Waals surface area contributed by atoms with Gasteiger partial charge in [-0.3, -0.25) is 0 Å². The van der Waals surface area contributed by atoms with Crippen molar-refractivity contribution in [3.8, 4) is 0 Å². The Labute approximate surface area is 78.3 Å². The molecule has 0 saturated heterocycles. The first-order chi connectivity index (χ1) is 6.20. The zero-order valence-electron chi connectivity index (χ0n) is 8.17. The summed E-state index contributed by atoms with van der Waals surface area (Å²) in [6.45, 7) is 4.51. The van der Waals surface area contributed by atoms with E-state index in [0.29, 0.717) is 18.9 Å². The van der Waals surface area contributed by atoms with Gasteiger partial charge in [-0.15, -0.1) is 0 Å². The molecule has 1 amide bonds. The molecule has 0 bridgehead atoms. The summed E-state index contributed by atoms with van der Waals surface area (Å²) in [6.07, 6.45) is 1.34. The first kappa shape index (κ1) is 11.9. The predicted molar refractivity (Wildman–Crippen MR) is 51.6 cm³/mol. The van der Waals surface area contributed by atoms with Gasteiger partial charge in [0.2, 0.25) is 0 Å². The highest BCUT2D eigenvalue weighted by Crippen LogP contribution is 1.88. The van der Waals surface area contributed by atoms with Gasteiger partial charge in [0.1, 0.15) is 0 Å². The molecule has 13 heavy (non-hydrogen) atoms. The molecule has 0 rings (SSSR count). The van der Waals surface area contributed by atoms with E-state index in [1.54, 1.807) is 6.92 Å². The number of amides is 1. The number of nitrogens with one attached hydrogen (secondary N) is 1. The maximum atomic E-state index is 10.9. The summed E-state index contributed by atoms with van der Waals surface area (Å²) in [4.78, 5) is 10.9. The molecule has 0 fully saturated rings. The highest BCUT2D eigenvalue weighted by atomic mass is 16.5. The first-order valence-corrected chi connectivity index (χ1v) is 4.36. The van der Waals surface area contributed by atoms with Gasteiger partial charge in [0.15, 0.2) is 0 Å². The van der Waals surface area contributed by atoms with Gasteiger partial charge in [-0.2, -0.15) is 5.10 Å². The lowest BCUT2D eigenvalue weighted by Gasteiger charge is -2.02. The van der Waals surface area contributed by atoms with E-state index in [1.807, 2.05) is 6.92 Å². The van der Waals surface area contributed by atoms with Crippen molar-refractivity contribution in [1.82, 2.24) is 5.43 Å². The summed E-state index contributed by atoms with van der Waals surface area (Å²) in [6, 6.07) is 0. The lowest BCUT2D eigenvalue weighted by atomic mass is 10.4. The van der Waals surface area contributed by atoms with Crippen LogP contribution >= 0.6 is 0 Å². The van der Waals surface area contributed by atoms with Crippen LogP contribution in [0.5, 0.6) is 0 Å². The molecule has 0 aromatic carbocycles. The molecule has 0 aliphatic heterocycles. The van der Waals surface area contributed by atoms with Gasteiger partial charge in [0, 0.05) is 12.3 Å². The second-order valence-corrected chi connectivity index (χ2v) is 2.65. The predicted octanol–water partition coefficient (Wildman–Crippen LogP) is 0.847. The first-order valence-electron chi connectivity index (χ1n) is 4.36. The van der Waals surface area contributed by atoms with Crippen molar-refractivity contribution in [3.63, 3.8) is 0 Å². The molecule has 5 nitrogen and oxygen atoms in total. The van der Waals surface area contributed by atoms with E-state index in [-0.39, 0.29) is 0 Å². The van der Waals surface area contributed by atoms with Gasteiger partial charge in [0.05, 0.1) is 6.61 Å². The van der Waals surface area contributed by atoms with E-state index in [0.717, 1.165) is 12.8 Å². The summed E-state index contributed by atoms with van der Waals surface area (Å²) in [7, 11) is 0. The molecule has 0 aliphatic rings. The highest BCUT2D eigenvalue weighted by molar-refractivity contribution is 5.84. The maximum Gasteiger partial charge on any atom is 0.427 e. The number of carbonyl (C=O) groups excluding carboxylic acids is 1. The van der Waals surface area contributed by atoms with Crippen LogP contribution in [0.1, 0.15) is 26.7 Å². The molecular formula is C8H17N3O2. The van der Waals surface area contributed by atoms with Crippen LogP contribution in [-0.2, 0) is 4.74 Å². The van der Waals surface area contributed by atoms with Gasteiger partial charge >= 0.3 is 6.09 Å². The number of hydrazone groups is 1. The van der Waals surface area contributed by atoms with Crippen molar-refractivity contribution in [2.45, 2.75) is 26.7 Å². The van der Waals surface area contributed by atoms with E-state index in [4.69, 9.17) is 10.5 Å². The van der Waals surface area contributed by atoms with Crippen molar-refractivity contribution in [1.29, 1.82) is 0 Å². The lowest BCUT2D eigenvalue weighted by Crippen LogP contribution is -2.22. The SMILES string of the molecule is CCCCOC(=O)N/N=C(\C)CN. The van der Waals surface area contributed by atoms with Crippen LogP contribution in [-0.4, -0.2) is 25.0 Å². The van der Waals surface area contributed by atoms with Gasteiger partial charge in [-0.05, 0) is 13.3 Å². The van der Waals surface area contributed by atoms with E-state index < -0.39 is 6.09 Å². The number of hydrogen-bond donors (Lipinski definition) is 2. The standard InChI is InChI=1S/C8H17N3O2/c1-3-4-5-13-8(12)11-10-7(2)6-9/h3-6,9H2,1-2H3,(H,11,12)/b10-7+. The number of nitrogens with zero attached hydrogens (tertiary/aromatic N) is 1. The Morgan fingerprint density at radius 2 is 2.31 bits per heavy atom. The molecule has 0 saturated carbocycles. The second-order valence-electron chi connectivity index (χ2n) is 2.65. The van der Waals surface area contributed by atoms with Crippen molar-refractivity contribution in [2.24, 2.45) is 10.8 Å². The fraction of sp³-hybridized carbons (Fsp3) is 0.750. The molecule has 0 spiro atoms. The molecule has 0 atom stereocenters. The molecule has 3 N–H and O–H groups in total. The Bertz CT molecular complexity index is 180. The van der Waals surface area contributed by atoms with E-state index in [9.17, 15) is 4.79 Å². The molecule has 0 unspecified atom stereocenters. The monoisotopic (exact) mass is 187 g/mol. The molecule has 0 heterocycles. The van der Waals surface area contributed by atoms with Crippen molar-refractivity contribution in [2.75, 3.05) is 13.2 Å². The summed E-state index contributed by atoms with van der Waals surface area (Å²) >= 11 is 0. The minimum Gasteiger partial charge on any atom is -0.448 e. The second kappa shape index (κ2) is 7.54. The van der Waals surface area contributed by atoms with Crippen LogP contribution in [0.4, 0.5) is 4.79 Å². The third kappa shape index (κ3) is 7.27. The number of nitrogens with two attached hydrogens (primary N) is 1. The Morgan fingerprint density at radius 3 is 2.85 bits per heavy atom. The highest BCUT2D eigenvalue weighted by Gasteiger charge is 1.98. The maximum absolute atomic E-state index is 10.9. The molecule has 76 valence electrons. The molecule has 0 aromatic rings. The normalized spacial score (nSPS) is 11.2. The largest absolute Gasteiger partial charge is 0.448 e. The number of hydrogen-bond acceptors (Lipinski definition) is 4. The number of ether oxygens (including phenoxy) is 1.